The van der Waals surface area contributed by atoms with Crippen molar-refractivity contribution >= 4 is 0 Å². The zero-order chi connectivity index (χ0) is 13.0. The van der Waals surface area contributed by atoms with Crippen molar-refractivity contribution in [1.29, 1.82) is 0 Å². The minimum atomic E-state index is 0.525. The molecule has 0 amide bonds. The largest absolute Gasteiger partial charge is 0.494 e. The van der Waals surface area contributed by atoms with Crippen LogP contribution in [0.2, 0.25) is 0 Å². The van der Waals surface area contributed by atoms with Gasteiger partial charge >= 0.3 is 0 Å². The van der Waals surface area contributed by atoms with E-state index in [0.717, 1.165) is 5.75 Å². The maximum atomic E-state index is 5.57. The summed E-state index contributed by atoms with van der Waals surface area (Å²) in [7, 11) is 0. The second-order valence-electron chi connectivity index (χ2n) is 4.70. The van der Waals surface area contributed by atoms with Crippen LogP contribution in [0.5, 0.6) is 5.75 Å². The van der Waals surface area contributed by atoms with Gasteiger partial charge in [-0.2, -0.15) is 0 Å². The van der Waals surface area contributed by atoms with Gasteiger partial charge in [0.25, 0.3) is 0 Å². The second-order valence-corrected chi connectivity index (χ2v) is 4.70. The first-order valence-corrected chi connectivity index (χ1v) is 6.54. The van der Waals surface area contributed by atoms with Crippen molar-refractivity contribution in [2.75, 3.05) is 6.61 Å². The summed E-state index contributed by atoms with van der Waals surface area (Å²) in [5, 5.41) is 0. The van der Waals surface area contributed by atoms with E-state index < -0.39 is 0 Å². The normalized spacial score (nSPS) is 10.7. The summed E-state index contributed by atoms with van der Waals surface area (Å²) in [4.78, 5) is 0. The highest BCUT2D eigenvalue weighted by Gasteiger charge is 2.08. The molecule has 2 aromatic carbocycles. The standard InChI is InChI=1S/C17H20O/c1-4-18-15-9-7-8-14(12-15)17-11-6-5-10-16(17)13(2)3/h5-13H,4H2,1-3H3. The van der Waals surface area contributed by atoms with E-state index in [-0.39, 0.29) is 0 Å². The predicted octanol–water partition coefficient (Wildman–Crippen LogP) is 4.88. The summed E-state index contributed by atoms with van der Waals surface area (Å²) in [6.45, 7) is 7.17. The van der Waals surface area contributed by atoms with Gasteiger partial charge in [0, 0.05) is 0 Å². The van der Waals surface area contributed by atoms with Gasteiger partial charge in [0.05, 0.1) is 6.61 Å². The van der Waals surface area contributed by atoms with E-state index in [1.54, 1.807) is 0 Å². The molecule has 0 unspecified atom stereocenters. The van der Waals surface area contributed by atoms with E-state index in [1.807, 2.05) is 13.0 Å². The van der Waals surface area contributed by atoms with Crippen LogP contribution in [0.1, 0.15) is 32.3 Å². The number of hydrogen-bond donors (Lipinski definition) is 0. The molecular formula is C17H20O. The summed E-state index contributed by atoms with van der Waals surface area (Å²) in [5.41, 5.74) is 3.91. The van der Waals surface area contributed by atoms with Gasteiger partial charge in [0.1, 0.15) is 5.75 Å². The van der Waals surface area contributed by atoms with Crippen LogP contribution in [0.25, 0.3) is 11.1 Å². The Balaban J connectivity index is 2.45. The molecule has 2 aromatic rings. The molecular weight excluding hydrogens is 220 g/mol. The summed E-state index contributed by atoms with van der Waals surface area (Å²) in [5.74, 6) is 1.46. The number of ether oxygens (including phenoxy) is 1. The maximum absolute atomic E-state index is 5.57. The van der Waals surface area contributed by atoms with E-state index in [1.165, 1.54) is 16.7 Å². The van der Waals surface area contributed by atoms with Crippen LogP contribution in [0.3, 0.4) is 0 Å². The molecule has 0 spiro atoms. The van der Waals surface area contributed by atoms with Gasteiger partial charge in [-0.25, -0.2) is 0 Å². The summed E-state index contributed by atoms with van der Waals surface area (Å²) in [6.07, 6.45) is 0. The van der Waals surface area contributed by atoms with Crippen LogP contribution < -0.4 is 4.74 Å². The third-order valence-corrected chi connectivity index (χ3v) is 3.04. The Morgan fingerprint density at radius 2 is 1.78 bits per heavy atom. The Kier molecular flexibility index (Phi) is 4.03. The molecule has 18 heavy (non-hydrogen) atoms. The van der Waals surface area contributed by atoms with Crippen molar-refractivity contribution < 1.29 is 4.74 Å². The van der Waals surface area contributed by atoms with Crippen LogP contribution in [-0.4, -0.2) is 6.61 Å². The summed E-state index contributed by atoms with van der Waals surface area (Å²) >= 11 is 0. The fourth-order valence-corrected chi connectivity index (χ4v) is 2.18. The Bertz CT molecular complexity index is 515. The van der Waals surface area contributed by atoms with Crippen molar-refractivity contribution in [3.63, 3.8) is 0 Å². The lowest BCUT2D eigenvalue weighted by Crippen LogP contribution is -1.94. The maximum Gasteiger partial charge on any atom is 0.119 e. The highest BCUT2D eigenvalue weighted by molar-refractivity contribution is 5.69. The lowest BCUT2D eigenvalue weighted by atomic mass is 9.93. The predicted molar refractivity (Wildman–Crippen MR) is 77.1 cm³/mol. The van der Waals surface area contributed by atoms with E-state index >= 15 is 0 Å². The molecule has 0 fully saturated rings. The molecule has 0 saturated carbocycles. The highest BCUT2D eigenvalue weighted by Crippen LogP contribution is 2.30. The van der Waals surface area contributed by atoms with Gasteiger partial charge in [-0.15, -0.1) is 0 Å². The average Bonchev–Trinajstić information content (AvgIpc) is 2.39. The van der Waals surface area contributed by atoms with Gasteiger partial charge in [0.2, 0.25) is 0 Å². The van der Waals surface area contributed by atoms with Gasteiger partial charge in [-0.05, 0) is 41.7 Å². The van der Waals surface area contributed by atoms with Gasteiger partial charge in [-0.1, -0.05) is 50.2 Å². The Morgan fingerprint density at radius 3 is 2.50 bits per heavy atom. The van der Waals surface area contributed by atoms with Crippen molar-refractivity contribution in [2.45, 2.75) is 26.7 Å². The summed E-state index contributed by atoms with van der Waals surface area (Å²) in [6, 6.07) is 16.9. The zero-order valence-corrected chi connectivity index (χ0v) is 11.3. The third kappa shape index (κ3) is 2.73. The Morgan fingerprint density at radius 1 is 1.00 bits per heavy atom. The van der Waals surface area contributed by atoms with E-state index in [0.29, 0.717) is 12.5 Å². The highest BCUT2D eigenvalue weighted by atomic mass is 16.5. The molecule has 0 atom stereocenters. The number of benzene rings is 2. The second kappa shape index (κ2) is 5.72. The molecule has 0 heterocycles. The molecule has 0 aromatic heterocycles. The fourth-order valence-electron chi connectivity index (χ4n) is 2.18. The van der Waals surface area contributed by atoms with Gasteiger partial charge in [0.15, 0.2) is 0 Å². The molecule has 1 heteroatoms. The van der Waals surface area contributed by atoms with E-state index in [4.69, 9.17) is 4.74 Å². The summed E-state index contributed by atoms with van der Waals surface area (Å²) < 4.78 is 5.57. The monoisotopic (exact) mass is 240 g/mol. The molecule has 0 radical (unpaired) electrons. The first kappa shape index (κ1) is 12.7. The zero-order valence-electron chi connectivity index (χ0n) is 11.3. The SMILES string of the molecule is CCOc1cccc(-c2ccccc2C(C)C)c1. The van der Waals surface area contributed by atoms with Gasteiger partial charge < -0.3 is 4.74 Å². The van der Waals surface area contributed by atoms with Crippen LogP contribution in [0.15, 0.2) is 48.5 Å². The first-order chi connectivity index (χ1) is 8.72. The lowest BCUT2D eigenvalue weighted by molar-refractivity contribution is 0.340. The quantitative estimate of drug-likeness (QED) is 0.740. The number of hydrogen-bond acceptors (Lipinski definition) is 1. The van der Waals surface area contributed by atoms with Crippen LogP contribution in [0.4, 0.5) is 0 Å². The molecule has 0 aliphatic heterocycles. The van der Waals surface area contributed by atoms with Crippen LogP contribution >= 0.6 is 0 Å². The molecule has 0 bridgehead atoms. The molecule has 2 rings (SSSR count). The van der Waals surface area contributed by atoms with Gasteiger partial charge in [-0.3, -0.25) is 0 Å². The average molecular weight is 240 g/mol. The molecule has 94 valence electrons. The minimum Gasteiger partial charge on any atom is -0.494 e. The smallest absolute Gasteiger partial charge is 0.119 e. The van der Waals surface area contributed by atoms with Crippen molar-refractivity contribution in [3.8, 4) is 16.9 Å². The van der Waals surface area contributed by atoms with Crippen molar-refractivity contribution in [2.24, 2.45) is 0 Å². The lowest BCUT2D eigenvalue weighted by Gasteiger charge is -2.13. The van der Waals surface area contributed by atoms with E-state index in [2.05, 4.69) is 56.3 Å². The topological polar surface area (TPSA) is 9.23 Å². The first-order valence-electron chi connectivity index (χ1n) is 6.54. The number of rotatable bonds is 4. The van der Waals surface area contributed by atoms with Crippen LogP contribution in [-0.2, 0) is 0 Å². The molecule has 0 aliphatic carbocycles. The third-order valence-electron chi connectivity index (χ3n) is 3.04. The fraction of sp³-hybridized carbons (Fsp3) is 0.294. The molecule has 0 N–H and O–H groups in total. The molecule has 0 saturated heterocycles. The van der Waals surface area contributed by atoms with Crippen molar-refractivity contribution in [3.05, 3.63) is 54.1 Å². The van der Waals surface area contributed by atoms with E-state index in [9.17, 15) is 0 Å². The van der Waals surface area contributed by atoms with Crippen LogP contribution in [0, 0.1) is 0 Å². The van der Waals surface area contributed by atoms with Crippen molar-refractivity contribution in [1.82, 2.24) is 0 Å². The molecule has 0 aliphatic rings. The Labute approximate surface area is 109 Å². The minimum absolute atomic E-state index is 0.525. The molecule has 1 nitrogen and oxygen atoms in total. The Hall–Kier alpha value is -1.76.